The maximum atomic E-state index is 13.3. The lowest BCUT2D eigenvalue weighted by Gasteiger charge is -2.32. The van der Waals surface area contributed by atoms with Crippen LogP contribution in [0.1, 0.15) is 51.7 Å². The Morgan fingerprint density at radius 1 is 1.03 bits per heavy atom. The van der Waals surface area contributed by atoms with Crippen molar-refractivity contribution in [3.05, 3.63) is 63.6 Å². The van der Waals surface area contributed by atoms with E-state index in [0.29, 0.717) is 15.7 Å². The molecule has 7 nitrogen and oxygen atoms in total. The SMILES string of the molecule is Cc1ccc(N(CCCC(=O)N(Cc2ccc(Cl)c(Cl)c2)C(C)C(=O)NC(C)(C)C)S(C)(=O)=O)cc1. The van der Waals surface area contributed by atoms with Crippen LogP contribution in [0.4, 0.5) is 5.69 Å². The maximum Gasteiger partial charge on any atom is 0.242 e. The molecule has 2 amide bonds. The van der Waals surface area contributed by atoms with Gasteiger partial charge in [-0.25, -0.2) is 8.42 Å². The van der Waals surface area contributed by atoms with Gasteiger partial charge in [0.2, 0.25) is 21.8 Å². The summed E-state index contributed by atoms with van der Waals surface area (Å²) >= 11 is 12.2. The van der Waals surface area contributed by atoms with E-state index in [2.05, 4.69) is 5.32 Å². The number of halogens is 2. The second-order valence-corrected chi connectivity index (χ2v) is 12.7. The van der Waals surface area contributed by atoms with Gasteiger partial charge in [-0.2, -0.15) is 0 Å². The zero-order valence-electron chi connectivity index (χ0n) is 21.6. The molecule has 0 aromatic heterocycles. The molecule has 2 rings (SSSR count). The monoisotopic (exact) mass is 555 g/mol. The Kier molecular flexibility index (Phi) is 10.2. The number of nitrogens with one attached hydrogen (secondary N) is 1. The number of nitrogens with zero attached hydrogens (tertiary/aromatic N) is 2. The molecule has 0 saturated heterocycles. The third-order valence-corrected chi connectivity index (χ3v) is 7.41. The van der Waals surface area contributed by atoms with E-state index in [1.54, 1.807) is 37.3 Å². The van der Waals surface area contributed by atoms with Crippen LogP contribution in [-0.4, -0.2) is 49.5 Å². The van der Waals surface area contributed by atoms with Crippen LogP contribution in [-0.2, 0) is 26.2 Å². The Hall–Kier alpha value is -2.29. The van der Waals surface area contributed by atoms with Gasteiger partial charge in [-0.1, -0.05) is 47.0 Å². The maximum absolute atomic E-state index is 13.3. The van der Waals surface area contributed by atoms with Crippen molar-refractivity contribution in [2.75, 3.05) is 17.1 Å². The largest absolute Gasteiger partial charge is 0.350 e. The zero-order chi connectivity index (χ0) is 27.3. The standard InChI is InChI=1S/C26H35Cl2N3O4S/c1-18-9-12-21(13-10-18)31(36(6,34)35)15-7-8-24(32)30(19(2)25(33)29-26(3,4)5)17-20-11-14-22(27)23(28)16-20/h9-14,16,19H,7-8,15,17H2,1-6H3,(H,29,33). The lowest BCUT2D eigenvalue weighted by molar-refractivity contribution is -0.141. The number of amides is 2. The highest BCUT2D eigenvalue weighted by Gasteiger charge is 2.28. The molecule has 0 saturated carbocycles. The normalized spacial score (nSPS) is 12.7. The third-order valence-electron chi connectivity index (χ3n) is 5.48. The van der Waals surface area contributed by atoms with Crippen molar-refractivity contribution in [2.45, 2.75) is 65.6 Å². The quantitative estimate of drug-likeness (QED) is 0.437. The first kappa shape index (κ1) is 29.9. The summed E-state index contributed by atoms with van der Waals surface area (Å²) in [5, 5.41) is 3.67. The van der Waals surface area contributed by atoms with E-state index in [9.17, 15) is 18.0 Å². The Labute approximate surface area is 224 Å². The Bertz CT molecular complexity index is 1180. The predicted molar refractivity (Wildman–Crippen MR) is 147 cm³/mol. The molecule has 1 unspecified atom stereocenters. The number of anilines is 1. The molecule has 198 valence electrons. The van der Waals surface area contributed by atoms with Crippen LogP contribution in [0.15, 0.2) is 42.5 Å². The molecule has 0 heterocycles. The lowest BCUT2D eigenvalue weighted by atomic mass is 10.1. The van der Waals surface area contributed by atoms with Crippen molar-refractivity contribution in [3.8, 4) is 0 Å². The molecule has 1 atom stereocenters. The van der Waals surface area contributed by atoms with Crippen LogP contribution in [0, 0.1) is 6.92 Å². The molecule has 1 N–H and O–H groups in total. The van der Waals surface area contributed by atoms with E-state index in [1.807, 2.05) is 39.8 Å². The van der Waals surface area contributed by atoms with Gasteiger partial charge in [0.15, 0.2) is 0 Å². The van der Waals surface area contributed by atoms with E-state index in [1.165, 1.54) is 9.21 Å². The second kappa shape index (κ2) is 12.3. The minimum absolute atomic E-state index is 0.0618. The number of carbonyl (C=O) groups excluding carboxylic acids is 2. The Morgan fingerprint density at radius 3 is 2.17 bits per heavy atom. The fourth-order valence-corrected chi connectivity index (χ4v) is 4.89. The average Bonchev–Trinajstić information content (AvgIpc) is 2.75. The fourth-order valence-electron chi connectivity index (χ4n) is 3.61. The predicted octanol–water partition coefficient (Wildman–Crippen LogP) is 5.18. The van der Waals surface area contributed by atoms with E-state index in [-0.39, 0.29) is 37.7 Å². The highest BCUT2D eigenvalue weighted by atomic mass is 35.5. The summed E-state index contributed by atoms with van der Waals surface area (Å²) in [7, 11) is -3.54. The van der Waals surface area contributed by atoms with Crippen LogP contribution < -0.4 is 9.62 Å². The van der Waals surface area contributed by atoms with Crippen molar-refractivity contribution in [2.24, 2.45) is 0 Å². The smallest absolute Gasteiger partial charge is 0.242 e. The second-order valence-electron chi connectivity index (χ2n) is 9.96. The van der Waals surface area contributed by atoms with Gasteiger partial charge in [0.1, 0.15) is 6.04 Å². The summed E-state index contributed by atoms with van der Waals surface area (Å²) in [5.74, 6) is -0.552. The van der Waals surface area contributed by atoms with Gasteiger partial charge in [0.25, 0.3) is 0 Å². The summed E-state index contributed by atoms with van der Waals surface area (Å²) in [6.07, 6.45) is 1.49. The number of carbonyl (C=O) groups is 2. The Morgan fingerprint density at radius 2 is 1.64 bits per heavy atom. The first-order chi connectivity index (χ1) is 16.6. The van der Waals surface area contributed by atoms with Gasteiger partial charge in [-0.15, -0.1) is 0 Å². The van der Waals surface area contributed by atoms with Crippen LogP contribution >= 0.6 is 23.2 Å². The van der Waals surface area contributed by atoms with Crippen molar-refractivity contribution < 1.29 is 18.0 Å². The first-order valence-corrected chi connectivity index (χ1v) is 14.3. The highest BCUT2D eigenvalue weighted by molar-refractivity contribution is 7.92. The van der Waals surface area contributed by atoms with Gasteiger partial charge >= 0.3 is 0 Å². The summed E-state index contributed by atoms with van der Waals surface area (Å²) in [6.45, 7) is 9.49. The number of hydrogen-bond donors (Lipinski definition) is 1. The van der Waals surface area contributed by atoms with E-state index in [0.717, 1.165) is 17.4 Å². The first-order valence-electron chi connectivity index (χ1n) is 11.7. The number of rotatable bonds is 10. The van der Waals surface area contributed by atoms with Gasteiger partial charge < -0.3 is 10.2 Å². The molecule has 0 spiro atoms. The highest BCUT2D eigenvalue weighted by Crippen LogP contribution is 2.24. The summed E-state index contributed by atoms with van der Waals surface area (Å²) in [5.41, 5.74) is 1.82. The molecule has 0 radical (unpaired) electrons. The fraction of sp³-hybridized carbons (Fsp3) is 0.462. The molecule has 2 aromatic carbocycles. The molecular weight excluding hydrogens is 521 g/mol. The number of aryl methyl sites for hydroxylation is 1. The third kappa shape index (κ3) is 8.98. The van der Waals surface area contributed by atoms with E-state index in [4.69, 9.17) is 23.2 Å². The van der Waals surface area contributed by atoms with Crippen molar-refractivity contribution >= 4 is 50.7 Å². The van der Waals surface area contributed by atoms with Gasteiger partial charge in [0, 0.05) is 25.0 Å². The van der Waals surface area contributed by atoms with Crippen LogP contribution in [0.25, 0.3) is 0 Å². The van der Waals surface area contributed by atoms with Crippen LogP contribution in [0.5, 0.6) is 0 Å². The molecule has 36 heavy (non-hydrogen) atoms. The molecule has 0 fully saturated rings. The zero-order valence-corrected chi connectivity index (χ0v) is 24.0. The molecule has 0 aliphatic rings. The van der Waals surface area contributed by atoms with Gasteiger partial charge in [-0.05, 0) is 70.9 Å². The Balaban J connectivity index is 2.21. The van der Waals surface area contributed by atoms with E-state index < -0.39 is 21.6 Å². The van der Waals surface area contributed by atoms with Crippen LogP contribution in [0.2, 0.25) is 10.0 Å². The van der Waals surface area contributed by atoms with E-state index >= 15 is 0 Å². The molecule has 0 aliphatic carbocycles. The molecule has 2 aromatic rings. The summed E-state index contributed by atoms with van der Waals surface area (Å²) in [6, 6.07) is 11.5. The van der Waals surface area contributed by atoms with Crippen LogP contribution in [0.3, 0.4) is 0 Å². The topological polar surface area (TPSA) is 86.8 Å². The minimum Gasteiger partial charge on any atom is -0.350 e. The minimum atomic E-state index is -3.54. The van der Waals surface area contributed by atoms with Crippen molar-refractivity contribution in [1.82, 2.24) is 10.2 Å². The van der Waals surface area contributed by atoms with Crippen molar-refractivity contribution in [3.63, 3.8) is 0 Å². The van der Waals surface area contributed by atoms with Crippen molar-refractivity contribution in [1.29, 1.82) is 0 Å². The number of sulfonamides is 1. The van der Waals surface area contributed by atoms with Gasteiger partial charge in [0.05, 0.1) is 22.0 Å². The lowest BCUT2D eigenvalue weighted by Crippen LogP contribution is -2.52. The average molecular weight is 557 g/mol. The molecular formula is C26H35Cl2N3O4S. The molecule has 10 heteroatoms. The summed E-state index contributed by atoms with van der Waals surface area (Å²) < 4.78 is 26.1. The molecule has 0 bridgehead atoms. The number of benzene rings is 2. The molecule has 0 aliphatic heterocycles. The van der Waals surface area contributed by atoms with Gasteiger partial charge in [-0.3, -0.25) is 13.9 Å². The number of hydrogen-bond acceptors (Lipinski definition) is 4. The summed E-state index contributed by atoms with van der Waals surface area (Å²) in [4.78, 5) is 27.7.